The summed E-state index contributed by atoms with van der Waals surface area (Å²) in [5, 5.41) is 12.6. The Hall–Kier alpha value is -1.96. The largest absolute Gasteiger partial charge is 0.481 e. The third kappa shape index (κ3) is 1.96. The van der Waals surface area contributed by atoms with Gasteiger partial charge < -0.3 is 10.4 Å². The number of carboxylic acids is 1. The van der Waals surface area contributed by atoms with E-state index in [4.69, 9.17) is 5.11 Å². The Morgan fingerprint density at radius 3 is 2.85 bits per heavy atom. The number of rotatable bonds is 3. The van der Waals surface area contributed by atoms with E-state index in [2.05, 4.69) is 10.3 Å². The van der Waals surface area contributed by atoms with Crippen LogP contribution in [0.2, 0.25) is 0 Å². The van der Waals surface area contributed by atoms with Gasteiger partial charge in [-0.15, -0.1) is 11.3 Å². The minimum absolute atomic E-state index is 0.113. The quantitative estimate of drug-likeness (QED) is 0.784. The van der Waals surface area contributed by atoms with Crippen LogP contribution in [0.25, 0.3) is 0 Å². The van der Waals surface area contributed by atoms with Crippen molar-refractivity contribution in [3.05, 3.63) is 10.6 Å². The highest BCUT2D eigenvalue weighted by Gasteiger charge is 2.38. The van der Waals surface area contributed by atoms with E-state index in [1.54, 1.807) is 0 Å². The van der Waals surface area contributed by atoms with Gasteiger partial charge in [0.05, 0.1) is 12.1 Å². The number of carbonyl (C=O) groups is 3. The SMILES string of the molecule is CN1C(=O)CC(Nc2nc3c(s2)CCC3C(=O)O)C1=O. The van der Waals surface area contributed by atoms with Crippen molar-refractivity contribution in [2.45, 2.75) is 31.2 Å². The average molecular weight is 295 g/mol. The molecule has 0 aromatic carbocycles. The molecule has 8 heteroatoms. The van der Waals surface area contributed by atoms with E-state index in [0.717, 1.165) is 9.78 Å². The first-order valence-corrected chi connectivity index (χ1v) is 7.08. The summed E-state index contributed by atoms with van der Waals surface area (Å²) in [7, 11) is 1.45. The van der Waals surface area contributed by atoms with E-state index in [0.29, 0.717) is 23.7 Å². The molecule has 0 bridgehead atoms. The van der Waals surface area contributed by atoms with Crippen molar-refractivity contribution < 1.29 is 19.5 Å². The average Bonchev–Trinajstić information content (AvgIpc) is 3.00. The summed E-state index contributed by atoms with van der Waals surface area (Å²) in [5.41, 5.74) is 0.593. The molecule has 3 rings (SSSR count). The summed E-state index contributed by atoms with van der Waals surface area (Å²) in [6, 6.07) is -0.595. The molecule has 106 valence electrons. The summed E-state index contributed by atoms with van der Waals surface area (Å²) in [6.07, 6.45) is 1.39. The molecule has 1 fully saturated rings. The zero-order valence-corrected chi connectivity index (χ0v) is 11.6. The van der Waals surface area contributed by atoms with E-state index in [-0.39, 0.29) is 18.2 Å². The van der Waals surface area contributed by atoms with E-state index >= 15 is 0 Å². The number of anilines is 1. The van der Waals surface area contributed by atoms with Gasteiger partial charge in [-0.3, -0.25) is 19.3 Å². The first kappa shape index (κ1) is 13.0. The Morgan fingerprint density at radius 2 is 2.25 bits per heavy atom. The highest BCUT2D eigenvalue weighted by Crippen LogP contribution is 2.38. The van der Waals surface area contributed by atoms with Crippen LogP contribution in [0.1, 0.15) is 29.3 Å². The van der Waals surface area contributed by atoms with Crippen LogP contribution in [0, 0.1) is 0 Å². The van der Waals surface area contributed by atoms with E-state index in [9.17, 15) is 14.4 Å². The van der Waals surface area contributed by atoms with Gasteiger partial charge in [0.15, 0.2) is 5.13 Å². The van der Waals surface area contributed by atoms with Gasteiger partial charge in [-0.2, -0.15) is 0 Å². The smallest absolute Gasteiger partial charge is 0.312 e. The van der Waals surface area contributed by atoms with Gasteiger partial charge in [0.25, 0.3) is 5.91 Å². The monoisotopic (exact) mass is 295 g/mol. The molecule has 2 unspecified atom stereocenters. The first-order chi connectivity index (χ1) is 9.47. The van der Waals surface area contributed by atoms with Crippen molar-refractivity contribution >= 4 is 34.3 Å². The Kier molecular flexibility index (Phi) is 2.97. The summed E-state index contributed by atoms with van der Waals surface area (Å²) in [4.78, 5) is 40.7. The molecule has 7 nitrogen and oxygen atoms in total. The van der Waals surface area contributed by atoms with Crippen LogP contribution >= 0.6 is 11.3 Å². The normalized spacial score (nSPS) is 25.1. The number of amides is 2. The minimum atomic E-state index is -0.868. The molecule has 1 saturated heterocycles. The van der Waals surface area contributed by atoms with Crippen molar-refractivity contribution in [2.75, 3.05) is 12.4 Å². The number of nitrogens with one attached hydrogen (secondary N) is 1. The summed E-state index contributed by atoms with van der Waals surface area (Å²) >= 11 is 1.37. The highest BCUT2D eigenvalue weighted by atomic mass is 32.1. The van der Waals surface area contributed by atoms with Crippen LogP contribution < -0.4 is 5.32 Å². The zero-order valence-electron chi connectivity index (χ0n) is 10.8. The Morgan fingerprint density at radius 1 is 1.50 bits per heavy atom. The van der Waals surface area contributed by atoms with Crippen LogP contribution in [0.15, 0.2) is 0 Å². The summed E-state index contributed by atoms with van der Waals surface area (Å²) in [6.45, 7) is 0. The molecule has 0 spiro atoms. The number of nitrogens with zero attached hydrogens (tertiary/aromatic N) is 2. The Balaban J connectivity index is 1.78. The lowest BCUT2D eigenvalue weighted by molar-refractivity contribution is -0.139. The van der Waals surface area contributed by atoms with Gasteiger partial charge in [0.2, 0.25) is 5.91 Å². The van der Waals surface area contributed by atoms with Crippen molar-refractivity contribution in [2.24, 2.45) is 0 Å². The van der Waals surface area contributed by atoms with Crippen molar-refractivity contribution in [3.63, 3.8) is 0 Å². The number of aliphatic carboxylic acids is 1. The lowest BCUT2D eigenvalue weighted by Gasteiger charge is -2.09. The number of imide groups is 1. The maximum atomic E-state index is 11.8. The molecule has 2 atom stereocenters. The second-order valence-electron chi connectivity index (χ2n) is 4.95. The fourth-order valence-electron chi connectivity index (χ4n) is 2.55. The van der Waals surface area contributed by atoms with Gasteiger partial charge in [-0.05, 0) is 12.8 Å². The number of likely N-dealkylation sites (tertiary alicyclic amines) is 1. The van der Waals surface area contributed by atoms with E-state index in [1.807, 2.05) is 0 Å². The summed E-state index contributed by atoms with van der Waals surface area (Å²) < 4.78 is 0. The number of likely N-dealkylation sites (N-methyl/N-ethyl adjacent to an activating group) is 1. The number of fused-ring (bicyclic) bond motifs is 1. The molecule has 0 saturated carbocycles. The molecule has 1 aromatic rings. The molecule has 2 N–H and O–H groups in total. The van der Waals surface area contributed by atoms with Crippen LogP contribution in [0.3, 0.4) is 0 Å². The van der Waals surface area contributed by atoms with Crippen LogP contribution in [0.5, 0.6) is 0 Å². The predicted octanol–water partition coefficient (Wildman–Crippen LogP) is 0.427. The van der Waals surface area contributed by atoms with Gasteiger partial charge >= 0.3 is 5.97 Å². The van der Waals surface area contributed by atoms with Crippen LogP contribution in [-0.4, -0.2) is 45.9 Å². The number of carbonyl (C=O) groups excluding carboxylic acids is 2. The van der Waals surface area contributed by atoms with E-state index in [1.165, 1.54) is 18.4 Å². The number of hydrogen-bond acceptors (Lipinski definition) is 6. The number of hydrogen-bond donors (Lipinski definition) is 2. The lowest BCUT2D eigenvalue weighted by atomic mass is 10.1. The molecule has 0 radical (unpaired) electrons. The van der Waals surface area contributed by atoms with Gasteiger partial charge in [0.1, 0.15) is 12.0 Å². The molecular formula is C12H13N3O4S. The van der Waals surface area contributed by atoms with Gasteiger partial charge in [-0.1, -0.05) is 0 Å². The molecule has 2 aliphatic rings. The number of aromatic nitrogens is 1. The molecule has 20 heavy (non-hydrogen) atoms. The molecule has 1 aliphatic heterocycles. The molecule has 1 aliphatic carbocycles. The molecular weight excluding hydrogens is 282 g/mol. The fourth-order valence-corrected chi connectivity index (χ4v) is 3.64. The number of thiazole rings is 1. The zero-order chi connectivity index (χ0) is 14.4. The topological polar surface area (TPSA) is 99.6 Å². The van der Waals surface area contributed by atoms with Crippen LogP contribution in [0.4, 0.5) is 5.13 Å². The molecule has 2 heterocycles. The maximum Gasteiger partial charge on any atom is 0.312 e. The first-order valence-electron chi connectivity index (χ1n) is 6.26. The highest BCUT2D eigenvalue weighted by molar-refractivity contribution is 7.15. The second-order valence-corrected chi connectivity index (χ2v) is 6.03. The lowest BCUT2D eigenvalue weighted by Crippen LogP contribution is -2.31. The summed E-state index contributed by atoms with van der Waals surface area (Å²) in [5.74, 6) is -1.92. The van der Waals surface area contributed by atoms with Gasteiger partial charge in [0, 0.05) is 11.9 Å². The van der Waals surface area contributed by atoms with Crippen LogP contribution in [-0.2, 0) is 20.8 Å². The fraction of sp³-hybridized carbons (Fsp3) is 0.500. The van der Waals surface area contributed by atoms with Crippen molar-refractivity contribution in [3.8, 4) is 0 Å². The standard InChI is InChI=1S/C12H13N3O4S/c1-15-8(16)4-6(10(15)17)13-12-14-9-5(11(18)19)2-3-7(9)20-12/h5-6H,2-4H2,1H3,(H,13,14)(H,18,19). The Labute approximate surface area is 118 Å². The Bertz CT molecular complexity index is 612. The minimum Gasteiger partial charge on any atom is -0.481 e. The third-order valence-corrected chi connectivity index (χ3v) is 4.76. The maximum absolute atomic E-state index is 11.8. The van der Waals surface area contributed by atoms with Crippen molar-refractivity contribution in [1.82, 2.24) is 9.88 Å². The second kappa shape index (κ2) is 4.55. The van der Waals surface area contributed by atoms with E-state index < -0.39 is 17.9 Å². The van der Waals surface area contributed by atoms with Gasteiger partial charge in [-0.25, -0.2) is 4.98 Å². The number of carboxylic acid groups (broad SMARTS) is 1. The molecule has 2 amide bonds. The number of aryl methyl sites for hydroxylation is 1. The third-order valence-electron chi connectivity index (χ3n) is 3.70. The van der Waals surface area contributed by atoms with Crippen molar-refractivity contribution in [1.29, 1.82) is 0 Å². The predicted molar refractivity (Wildman–Crippen MR) is 70.6 cm³/mol. The molecule has 1 aromatic heterocycles.